The summed E-state index contributed by atoms with van der Waals surface area (Å²) in [5, 5.41) is 19.7. The molecule has 3 heteroatoms. The largest absolute Gasteiger partial charge is 0.479 e. The highest BCUT2D eigenvalue weighted by molar-refractivity contribution is 5.77. The molecule has 104 valence electrons. The fraction of sp³-hybridized carbons (Fsp3) is 0.235. The summed E-state index contributed by atoms with van der Waals surface area (Å²) >= 11 is 0. The molecule has 1 atom stereocenters. The van der Waals surface area contributed by atoms with Crippen LogP contribution in [-0.2, 0) is 17.6 Å². The number of benzene rings is 2. The normalized spacial score (nSPS) is 13.7. The van der Waals surface area contributed by atoms with E-state index in [2.05, 4.69) is 0 Å². The third kappa shape index (κ3) is 3.68. The number of rotatable bonds is 6. The van der Waals surface area contributed by atoms with Crippen molar-refractivity contribution in [1.82, 2.24) is 0 Å². The second-order valence-electron chi connectivity index (χ2n) is 4.98. The number of aryl methyl sites for hydroxylation is 1. The van der Waals surface area contributed by atoms with Crippen LogP contribution in [0.25, 0.3) is 0 Å². The molecule has 0 aliphatic rings. The zero-order valence-corrected chi connectivity index (χ0v) is 11.2. The van der Waals surface area contributed by atoms with Crippen molar-refractivity contribution < 1.29 is 15.0 Å². The summed E-state index contributed by atoms with van der Waals surface area (Å²) < 4.78 is 0. The zero-order chi connectivity index (χ0) is 14.4. The second-order valence-corrected chi connectivity index (χ2v) is 4.98. The smallest absolute Gasteiger partial charge is 0.336 e. The Morgan fingerprint density at radius 1 is 0.900 bits per heavy atom. The highest BCUT2D eigenvalue weighted by atomic mass is 16.4. The molecule has 0 aliphatic heterocycles. The number of carbonyl (C=O) groups is 1. The maximum atomic E-state index is 11.4. The van der Waals surface area contributed by atoms with Gasteiger partial charge in [0.1, 0.15) is 0 Å². The maximum Gasteiger partial charge on any atom is 0.336 e. The summed E-state index contributed by atoms with van der Waals surface area (Å²) in [6, 6.07) is 18.8. The van der Waals surface area contributed by atoms with E-state index in [1.165, 1.54) is 0 Å². The number of aliphatic carboxylic acids is 1. The van der Waals surface area contributed by atoms with Crippen molar-refractivity contribution in [2.45, 2.75) is 24.9 Å². The van der Waals surface area contributed by atoms with Crippen LogP contribution in [0.5, 0.6) is 0 Å². The first-order chi connectivity index (χ1) is 9.60. The van der Waals surface area contributed by atoms with Crippen molar-refractivity contribution in [1.29, 1.82) is 0 Å². The lowest BCUT2D eigenvalue weighted by Gasteiger charge is -2.23. The van der Waals surface area contributed by atoms with Crippen molar-refractivity contribution in [2.75, 3.05) is 0 Å². The van der Waals surface area contributed by atoms with E-state index in [1.54, 1.807) is 0 Å². The predicted molar refractivity (Wildman–Crippen MR) is 77.5 cm³/mol. The Kier molecular flexibility index (Phi) is 4.53. The monoisotopic (exact) mass is 270 g/mol. The van der Waals surface area contributed by atoms with Gasteiger partial charge < -0.3 is 10.2 Å². The van der Waals surface area contributed by atoms with Crippen LogP contribution in [0.2, 0.25) is 0 Å². The molecule has 0 spiro atoms. The Balaban J connectivity index is 2.08. The highest BCUT2D eigenvalue weighted by Gasteiger charge is 2.35. The minimum Gasteiger partial charge on any atom is -0.479 e. The fourth-order valence-electron chi connectivity index (χ4n) is 2.20. The fourth-order valence-corrected chi connectivity index (χ4v) is 2.20. The molecule has 0 amide bonds. The molecule has 2 aromatic rings. The summed E-state index contributed by atoms with van der Waals surface area (Å²) in [7, 11) is 0. The molecule has 2 aromatic carbocycles. The van der Waals surface area contributed by atoms with Crippen molar-refractivity contribution in [3.8, 4) is 0 Å². The average Bonchev–Trinajstić information content (AvgIpc) is 2.47. The molecular formula is C17H18O3. The number of hydrogen-bond donors (Lipinski definition) is 2. The van der Waals surface area contributed by atoms with E-state index >= 15 is 0 Å². The van der Waals surface area contributed by atoms with Gasteiger partial charge in [-0.1, -0.05) is 60.7 Å². The van der Waals surface area contributed by atoms with Crippen LogP contribution in [0, 0.1) is 0 Å². The van der Waals surface area contributed by atoms with Gasteiger partial charge in [0.15, 0.2) is 5.60 Å². The van der Waals surface area contributed by atoms with Crippen LogP contribution in [-0.4, -0.2) is 21.8 Å². The Hall–Kier alpha value is -2.13. The quantitative estimate of drug-likeness (QED) is 0.848. The number of hydrogen-bond acceptors (Lipinski definition) is 2. The van der Waals surface area contributed by atoms with E-state index in [9.17, 15) is 15.0 Å². The molecule has 2 N–H and O–H groups in total. The molecule has 0 aliphatic carbocycles. The SMILES string of the molecule is O=C(O)C(O)(CCc1ccccc1)Cc1ccccc1. The number of carboxylic acids is 1. The van der Waals surface area contributed by atoms with Crippen molar-refractivity contribution in [2.24, 2.45) is 0 Å². The van der Waals surface area contributed by atoms with Crippen LogP contribution >= 0.6 is 0 Å². The molecule has 0 heterocycles. The van der Waals surface area contributed by atoms with E-state index in [0.29, 0.717) is 6.42 Å². The lowest BCUT2D eigenvalue weighted by atomic mass is 9.88. The Morgan fingerprint density at radius 3 is 1.90 bits per heavy atom. The molecule has 0 aromatic heterocycles. The summed E-state index contributed by atoms with van der Waals surface area (Å²) in [5.74, 6) is -1.17. The molecule has 20 heavy (non-hydrogen) atoms. The highest BCUT2D eigenvalue weighted by Crippen LogP contribution is 2.20. The van der Waals surface area contributed by atoms with E-state index in [1.807, 2.05) is 60.7 Å². The van der Waals surface area contributed by atoms with Crippen LogP contribution in [0.3, 0.4) is 0 Å². The van der Waals surface area contributed by atoms with E-state index in [0.717, 1.165) is 11.1 Å². The Bertz CT molecular complexity index is 551. The third-order valence-corrected chi connectivity index (χ3v) is 3.41. The van der Waals surface area contributed by atoms with Crippen LogP contribution in [0.4, 0.5) is 0 Å². The molecule has 0 radical (unpaired) electrons. The van der Waals surface area contributed by atoms with Gasteiger partial charge in [0.25, 0.3) is 0 Å². The average molecular weight is 270 g/mol. The van der Waals surface area contributed by atoms with E-state index in [4.69, 9.17) is 0 Å². The van der Waals surface area contributed by atoms with Gasteiger partial charge in [0.05, 0.1) is 0 Å². The van der Waals surface area contributed by atoms with Gasteiger partial charge in [-0.05, 0) is 24.0 Å². The van der Waals surface area contributed by atoms with Gasteiger partial charge in [-0.3, -0.25) is 0 Å². The van der Waals surface area contributed by atoms with Crippen molar-refractivity contribution in [3.05, 3.63) is 71.8 Å². The molecule has 0 bridgehead atoms. The van der Waals surface area contributed by atoms with Crippen LogP contribution in [0.15, 0.2) is 60.7 Å². The van der Waals surface area contributed by atoms with Gasteiger partial charge in [0.2, 0.25) is 0 Å². The van der Waals surface area contributed by atoms with Crippen LogP contribution < -0.4 is 0 Å². The number of carboxylic acid groups (broad SMARTS) is 1. The van der Waals surface area contributed by atoms with Gasteiger partial charge in [-0.15, -0.1) is 0 Å². The summed E-state index contributed by atoms with van der Waals surface area (Å²) in [6.45, 7) is 0. The van der Waals surface area contributed by atoms with Crippen molar-refractivity contribution >= 4 is 5.97 Å². The lowest BCUT2D eigenvalue weighted by molar-refractivity contribution is -0.159. The summed E-state index contributed by atoms with van der Waals surface area (Å²) in [6.07, 6.45) is 0.855. The van der Waals surface area contributed by atoms with Crippen molar-refractivity contribution in [3.63, 3.8) is 0 Å². The zero-order valence-electron chi connectivity index (χ0n) is 11.2. The Morgan fingerprint density at radius 2 is 1.40 bits per heavy atom. The Labute approximate surface area is 118 Å². The maximum absolute atomic E-state index is 11.4. The third-order valence-electron chi connectivity index (χ3n) is 3.41. The minimum atomic E-state index is -1.73. The summed E-state index contributed by atoms with van der Waals surface area (Å²) in [5.41, 5.74) is 0.127. The first-order valence-electron chi connectivity index (χ1n) is 6.64. The molecule has 3 nitrogen and oxygen atoms in total. The second kappa shape index (κ2) is 6.35. The molecule has 0 saturated carbocycles. The van der Waals surface area contributed by atoms with Gasteiger partial charge >= 0.3 is 5.97 Å². The molecule has 0 fully saturated rings. The first-order valence-corrected chi connectivity index (χ1v) is 6.64. The molecule has 0 saturated heterocycles. The van der Waals surface area contributed by atoms with Gasteiger partial charge in [-0.2, -0.15) is 0 Å². The molecule has 1 unspecified atom stereocenters. The predicted octanol–water partition coefficient (Wildman–Crippen LogP) is 2.68. The van der Waals surface area contributed by atoms with E-state index < -0.39 is 11.6 Å². The molecule has 2 rings (SSSR count). The number of aliphatic hydroxyl groups is 1. The summed E-state index contributed by atoms with van der Waals surface area (Å²) in [4.78, 5) is 11.4. The topological polar surface area (TPSA) is 57.5 Å². The lowest BCUT2D eigenvalue weighted by Crippen LogP contribution is -2.41. The van der Waals surface area contributed by atoms with E-state index in [-0.39, 0.29) is 12.8 Å². The molecular weight excluding hydrogens is 252 g/mol. The van der Waals surface area contributed by atoms with Gasteiger partial charge in [-0.25, -0.2) is 4.79 Å². The minimum absolute atomic E-state index is 0.121. The van der Waals surface area contributed by atoms with Crippen LogP contribution in [0.1, 0.15) is 17.5 Å². The van der Waals surface area contributed by atoms with Gasteiger partial charge in [0, 0.05) is 6.42 Å². The first kappa shape index (κ1) is 14.3. The standard InChI is InChI=1S/C17H18O3/c18-16(19)17(20,13-15-9-5-2-6-10-15)12-11-14-7-3-1-4-8-14/h1-10,20H,11-13H2,(H,18,19).